The van der Waals surface area contributed by atoms with Crippen molar-refractivity contribution in [3.05, 3.63) is 52.2 Å². The highest BCUT2D eigenvalue weighted by Gasteiger charge is 2.39. The molecule has 4 nitrogen and oxygen atoms in total. The van der Waals surface area contributed by atoms with E-state index in [9.17, 15) is 14.7 Å². The van der Waals surface area contributed by atoms with E-state index >= 15 is 0 Å². The van der Waals surface area contributed by atoms with Crippen LogP contribution in [0.1, 0.15) is 35.0 Å². The number of carboxylic acids is 1. The molecule has 1 fully saturated rings. The Balaban J connectivity index is 1.76. The molecule has 0 radical (unpaired) electrons. The lowest BCUT2D eigenvalue weighted by molar-refractivity contribution is -0.150. The zero-order chi connectivity index (χ0) is 17.9. The Morgan fingerprint density at radius 3 is 2.80 bits per heavy atom. The van der Waals surface area contributed by atoms with Crippen molar-refractivity contribution in [3.8, 4) is 0 Å². The highest BCUT2D eigenvalue weighted by atomic mass is 32.2. The third-order valence-corrected chi connectivity index (χ3v) is 6.75. The summed E-state index contributed by atoms with van der Waals surface area (Å²) in [4.78, 5) is 28.5. The summed E-state index contributed by atoms with van der Waals surface area (Å²) in [6, 6.07) is 11.7. The molecule has 0 bridgehead atoms. The number of carboxylic acid groups (broad SMARTS) is 1. The molecule has 3 rings (SSSR count). The van der Waals surface area contributed by atoms with Gasteiger partial charge in [0.05, 0.1) is 11.0 Å². The van der Waals surface area contributed by atoms with Crippen LogP contribution in [0.15, 0.2) is 46.7 Å². The van der Waals surface area contributed by atoms with Crippen molar-refractivity contribution in [3.63, 3.8) is 0 Å². The average Bonchev–Trinajstić information content (AvgIpc) is 3.13. The van der Waals surface area contributed by atoms with Gasteiger partial charge in [-0.15, -0.1) is 23.1 Å². The van der Waals surface area contributed by atoms with Gasteiger partial charge in [-0.05, 0) is 43.3 Å². The summed E-state index contributed by atoms with van der Waals surface area (Å²) in [5, 5.41) is 11.5. The van der Waals surface area contributed by atoms with Crippen molar-refractivity contribution < 1.29 is 14.7 Å². The minimum Gasteiger partial charge on any atom is -0.481 e. The molecule has 132 valence electrons. The number of amides is 1. The highest BCUT2D eigenvalue weighted by Crippen LogP contribution is 2.33. The highest BCUT2D eigenvalue weighted by molar-refractivity contribution is 7.98. The molecule has 6 heteroatoms. The topological polar surface area (TPSA) is 57.6 Å². The Kier molecular flexibility index (Phi) is 5.49. The minimum absolute atomic E-state index is 0.0681. The number of likely N-dealkylation sites (tertiary alicyclic amines) is 1. The summed E-state index contributed by atoms with van der Waals surface area (Å²) in [5.41, 5.74) is -0.189. The van der Waals surface area contributed by atoms with Crippen molar-refractivity contribution in [2.45, 2.75) is 30.4 Å². The van der Waals surface area contributed by atoms with E-state index in [0.29, 0.717) is 18.5 Å². The fraction of sp³-hybridized carbons (Fsp3) is 0.368. The van der Waals surface area contributed by atoms with Gasteiger partial charge in [-0.3, -0.25) is 9.59 Å². The number of hydrogen-bond donors (Lipinski definition) is 1. The van der Waals surface area contributed by atoms with Gasteiger partial charge in [0.25, 0.3) is 5.91 Å². The number of hydrogen-bond acceptors (Lipinski definition) is 4. The predicted molar refractivity (Wildman–Crippen MR) is 101 cm³/mol. The van der Waals surface area contributed by atoms with Crippen molar-refractivity contribution >= 4 is 35.0 Å². The fourth-order valence-electron chi connectivity index (χ4n) is 3.07. The SMILES string of the molecule is CC1(C(=O)O)CCCN(C(=O)c2ccccc2SCc2cccs2)C1. The second-order valence-electron chi connectivity index (χ2n) is 6.56. The standard InChI is InChI=1S/C19H21NO3S2/c1-19(18(22)23)9-5-10-20(13-19)17(21)15-7-2-3-8-16(15)25-12-14-6-4-11-24-14/h2-4,6-8,11H,5,9-10,12-13H2,1H3,(H,22,23). The number of rotatable bonds is 5. The third kappa shape index (κ3) is 4.07. The molecule has 0 spiro atoms. The molecule has 2 aromatic rings. The molecule has 0 saturated carbocycles. The van der Waals surface area contributed by atoms with E-state index in [1.807, 2.05) is 35.7 Å². The molecule has 1 N–H and O–H groups in total. The van der Waals surface area contributed by atoms with E-state index in [4.69, 9.17) is 0 Å². The number of thiophene rings is 1. The molecule has 1 aromatic carbocycles. The van der Waals surface area contributed by atoms with Crippen LogP contribution >= 0.6 is 23.1 Å². The zero-order valence-electron chi connectivity index (χ0n) is 14.1. The second kappa shape index (κ2) is 7.62. The molecule has 2 heterocycles. The van der Waals surface area contributed by atoms with E-state index in [2.05, 4.69) is 6.07 Å². The number of thioether (sulfide) groups is 1. The third-order valence-electron chi connectivity index (χ3n) is 4.57. The van der Waals surface area contributed by atoms with Crippen molar-refractivity contribution in [2.24, 2.45) is 5.41 Å². The molecule has 1 aliphatic heterocycles. The monoisotopic (exact) mass is 375 g/mol. The number of aliphatic carboxylic acids is 1. The first-order valence-corrected chi connectivity index (χ1v) is 10.1. The predicted octanol–water partition coefficient (Wildman–Crippen LogP) is 4.37. The van der Waals surface area contributed by atoms with Crippen LogP contribution < -0.4 is 0 Å². The Labute approximate surface area is 155 Å². The van der Waals surface area contributed by atoms with Gasteiger partial charge in [-0.25, -0.2) is 0 Å². The summed E-state index contributed by atoms with van der Waals surface area (Å²) in [6.07, 6.45) is 1.33. The molecule has 1 atom stereocenters. The number of carbonyl (C=O) groups is 2. The van der Waals surface area contributed by atoms with Gasteiger partial charge in [0.15, 0.2) is 0 Å². The maximum Gasteiger partial charge on any atom is 0.311 e. The molecule has 0 aliphatic carbocycles. The van der Waals surface area contributed by atoms with E-state index in [0.717, 1.165) is 17.1 Å². The Bertz CT molecular complexity index is 760. The lowest BCUT2D eigenvalue weighted by Crippen LogP contribution is -2.48. The smallest absolute Gasteiger partial charge is 0.311 e. The number of piperidine rings is 1. The molecular formula is C19H21NO3S2. The van der Waals surface area contributed by atoms with Crippen molar-refractivity contribution in [1.29, 1.82) is 0 Å². The minimum atomic E-state index is -0.854. The van der Waals surface area contributed by atoms with Gasteiger partial charge >= 0.3 is 5.97 Å². The van der Waals surface area contributed by atoms with E-state index in [-0.39, 0.29) is 12.5 Å². The number of carbonyl (C=O) groups excluding carboxylic acids is 1. The Hall–Kier alpha value is -1.79. The summed E-state index contributed by atoms with van der Waals surface area (Å²) in [6.45, 7) is 2.61. The van der Waals surface area contributed by atoms with Crippen molar-refractivity contribution in [2.75, 3.05) is 13.1 Å². The summed E-state index contributed by atoms with van der Waals surface area (Å²) < 4.78 is 0. The average molecular weight is 376 g/mol. The van der Waals surface area contributed by atoms with Crippen LogP contribution in [0, 0.1) is 5.41 Å². The summed E-state index contributed by atoms with van der Waals surface area (Å²) >= 11 is 3.36. The van der Waals surface area contributed by atoms with Gasteiger partial charge in [-0.2, -0.15) is 0 Å². The van der Waals surface area contributed by atoms with E-state index in [1.54, 1.807) is 34.9 Å². The van der Waals surface area contributed by atoms with Crippen LogP contribution in [-0.4, -0.2) is 35.0 Å². The molecule has 1 unspecified atom stereocenters. The van der Waals surface area contributed by atoms with E-state index in [1.165, 1.54) is 4.88 Å². The molecule has 1 amide bonds. The normalized spacial score (nSPS) is 20.4. The van der Waals surface area contributed by atoms with Crippen molar-refractivity contribution in [1.82, 2.24) is 4.90 Å². The van der Waals surface area contributed by atoms with Crippen LogP contribution in [-0.2, 0) is 10.5 Å². The maximum atomic E-state index is 13.0. The molecule has 25 heavy (non-hydrogen) atoms. The second-order valence-corrected chi connectivity index (χ2v) is 8.61. The lowest BCUT2D eigenvalue weighted by atomic mass is 9.82. The first-order valence-electron chi connectivity index (χ1n) is 8.26. The van der Waals surface area contributed by atoms with Gasteiger partial charge in [0.1, 0.15) is 0 Å². The zero-order valence-corrected chi connectivity index (χ0v) is 15.7. The van der Waals surface area contributed by atoms with Gasteiger partial charge in [-0.1, -0.05) is 18.2 Å². The molecule has 1 aliphatic rings. The molecule has 1 aromatic heterocycles. The molecule has 1 saturated heterocycles. The lowest BCUT2D eigenvalue weighted by Gasteiger charge is -2.37. The Morgan fingerprint density at radius 1 is 1.28 bits per heavy atom. The first-order chi connectivity index (χ1) is 12.0. The van der Waals surface area contributed by atoms with Crippen LogP contribution in [0.4, 0.5) is 0 Å². The number of nitrogens with zero attached hydrogens (tertiary/aromatic N) is 1. The van der Waals surface area contributed by atoms with Crippen LogP contribution in [0.5, 0.6) is 0 Å². The van der Waals surface area contributed by atoms with Gasteiger partial charge in [0.2, 0.25) is 0 Å². The van der Waals surface area contributed by atoms with E-state index < -0.39 is 11.4 Å². The van der Waals surface area contributed by atoms with Gasteiger partial charge in [0, 0.05) is 28.6 Å². The maximum absolute atomic E-state index is 13.0. The quantitative estimate of drug-likeness (QED) is 0.789. The van der Waals surface area contributed by atoms with Crippen LogP contribution in [0.25, 0.3) is 0 Å². The number of benzene rings is 1. The fourth-order valence-corrected chi connectivity index (χ4v) is 4.89. The van der Waals surface area contributed by atoms with Gasteiger partial charge < -0.3 is 10.0 Å². The summed E-state index contributed by atoms with van der Waals surface area (Å²) in [7, 11) is 0. The Morgan fingerprint density at radius 2 is 2.08 bits per heavy atom. The summed E-state index contributed by atoms with van der Waals surface area (Å²) in [5.74, 6) is -0.0683. The largest absolute Gasteiger partial charge is 0.481 e. The van der Waals surface area contributed by atoms with Crippen LogP contribution in [0.2, 0.25) is 0 Å². The van der Waals surface area contributed by atoms with Crippen LogP contribution in [0.3, 0.4) is 0 Å². The molecular weight excluding hydrogens is 354 g/mol. The first kappa shape index (κ1) is 18.0.